The predicted molar refractivity (Wildman–Crippen MR) is 175 cm³/mol. The zero-order valence-electron chi connectivity index (χ0n) is 26.9. The number of hydrogen-bond acceptors (Lipinski definition) is 5. The lowest BCUT2D eigenvalue weighted by molar-refractivity contribution is -0.175. The van der Waals surface area contributed by atoms with Crippen molar-refractivity contribution in [3.63, 3.8) is 0 Å². The number of ether oxygens (including phenoxy) is 2. The van der Waals surface area contributed by atoms with E-state index < -0.39 is 0 Å². The molecule has 1 amide bonds. The van der Waals surface area contributed by atoms with Crippen LogP contribution in [0.15, 0.2) is 30.3 Å². The van der Waals surface area contributed by atoms with Gasteiger partial charge in [0.05, 0.1) is 6.10 Å². The molecule has 4 aliphatic rings. The van der Waals surface area contributed by atoms with Crippen LogP contribution >= 0.6 is 23.2 Å². The summed E-state index contributed by atoms with van der Waals surface area (Å²) >= 11 is 11.8. The Balaban J connectivity index is 1.18. The summed E-state index contributed by atoms with van der Waals surface area (Å²) in [5.74, 6) is 3.29. The van der Waals surface area contributed by atoms with Crippen molar-refractivity contribution in [3.8, 4) is 0 Å². The molecule has 0 bridgehead atoms. The topological polar surface area (TPSA) is 76.1 Å². The van der Waals surface area contributed by atoms with Crippen molar-refractivity contribution in [1.82, 2.24) is 4.90 Å². The van der Waals surface area contributed by atoms with E-state index in [1.807, 2.05) is 30.3 Å². The van der Waals surface area contributed by atoms with Crippen LogP contribution in [0.3, 0.4) is 0 Å². The van der Waals surface area contributed by atoms with Crippen LogP contribution in [-0.2, 0) is 20.9 Å². The van der Waals surface area contributed by atoms with Gasteiger partial charge in [0.2, 0.25) is 0 Å². The molecular formula is C36H53Cl2NO5. The molecule has 10 atom stereocenters. The number of nitrogens with zero attached hydrogens (tertiary/aromatic N) is 1. The van der Waals surface area contributed by atoms with E-state index >= 15 is 0 Å². The van der Waals surface area contributed by atoms with Crippen LogP contribution in [-0.4, -0.2) is 59.1 Å². The minimum Gasteiger partial charge on any atom is -0.461 e. The van der Waals surface area contributed by atoms with Gasteiger partial charge in [-0.15, -0.1) is 23.2 Å². The molecule has 0 aromatic heterocycles. The summed E-state index contributed by atoms with van der Waals surface area (Å²) < 4.78 is 11.6. The minimum atomic E-state index is -0.321. The highest BCUT2D eigenvalue weighted by Crippen LogP contribution is 2.68. The molecule has 0 saturated heterocycles. The lowest BCUT2D eigenvalue weighted by Gasteiger charge is -2.62. The number of aliphatic hydroxyl groups excluding tert-OH is 1. The zero-order valence-corrected chi connectivity index (χ0v) is 28.4. The van der Waals surface area contributed by atoms with Gasteiger partial charge in [-0.3, -0.25) is 4.79 Å². The maximum Gasteiger partial charge on any atom is 0.410 e. The third-order valence-corrected chi connectivity index (χ3v) is 13.0. The molecule has 0 heterocycles. The number of aliphatic hydroxyl groups is 1. The molecule has 8 heteroatoms. The SMILES string of the molecule is C[C@H](CCC(=O)OCc1ccccc1)[C@H]1CC[C@H]2[C@@H]3[C@H](O)CC4C[C@H](OC(=O)N(CCCl)CCCl)CC[C@]4(C)[C@H]3CC[C@]12C. The minimum absolute atomic E-state index is 0.113. The molecular weight excluding hydrogens is 597 g/mol. The Hall–Kier alpha value is -1.50. The number of esters is 1. The fourth-order valence-corrected chi connectivity index (χ4v) is 10.7. The highest BCUT2D eigenvalue weighted by molar-refractivity contribution is 6.18. The first-order chi connectivity index (χ1) is 21.1. The lowest BCUT2D eigenvalue weighted by atomic mass is 9.43. The Morgan fingerprint density at radius 2 is 1.66 bits per heavy atom. The molecule has 0 spiro atoms. The van der Waals surface area contributed by atoms with Gasteiger partial charge >= 0.3 is 12.1 Å². The van der Waals surface area contributed by atoms with Crippen molar-refractivity contribution < 1.29 is 24.2 Å². The molecule has 1 unspecified atom stereocenters. The molecule has 5 rings (SSSR count). The van der Waals surface area contributed by atoms with Crippen molar-refractivity contribution in [1.29, 1.82) is 0 Å². The van der Waals surface area contributed by atoms with Crippen molar-refractivity contribution in [3.05, 3.63) is 35.9 Å². The first-order valence-electron chi connectivity index (χ1n) is 17.1. The molecule has 1 aromatic rings. The quantitative estimate of drug-likeness (QED) is 0.194. The van der Waals surface area contributed by atoms with E-state index in [0.29, 0.717) is 73.4 Å². The number of halogens is 2. The van der Waals surface area contributed by atoms with Crippen LogP contribution in [0.25, 0.3) is 0 Å². The van der Waals surface area contributed by atoms with E-state index in [9.17, 15) is 14.7 Å². The number of fused-ring (bicyclic) bond motifs is 5. The van der Waals surface area contributed by atoms with Crippen LogP contribution in [0.4, 0.5) is 4.79 Å². The average Bonchev–Trinajstić information content (AvgIpc) is 3.37. The maximum absolute atomic E-state index is 12.9. The second-order valence-electron chi connectivity index (χ2n) is 14.8. The summed E-state index contributed by atoms with van der Waals surface area (Å²) in [6.45, 7) is 8.48. The highest BCUT2D eigenvalue weighted by atomic mass is 35.5. The number of carbonyl (C=O) groups is 2. The van der Waals surface area contributed by atoms with Gasteiger partial charge in [-0.05, 0) is 110 Å². The molecule has 44 heavy (non-hydrogen) atoms. The van der Waals surface area contributed by atoms with Crippen LogP contribution in [0, 0.1) is 46.3 Å². The molecule has 0 radical (unpaired) electrons. The van der Waals surface area contributed by atoms with E-state index in [-0.39, 0.29) is 35.1 Å². The molecule has 4 saturated carbocycles. The predicted octanol–water partition coefficient (Wildman–Crippen LogP) is 8.06. The Morgan fingerprint density at radius 1 is 0.977 bits per heavy atom. The summed E-state index contributed by atoms with van der Waals surface area (Å²) in [6.07, 6.45) is 8.74. The number of hydrogen-bond donors (Lipinski definition) is 1. The normalized spacial score (nSPS) is 36.8. The second-order valence-corrected chi connectivity index (χ2v) is 15.6. The Morgan fingerprint density at radius 3 is 2.36 bits per heavy atom. The molecule has 246 valence electrons. The summed E-state index contributed by atoms with van der Waals surface area (Å²) in [5.41, 5.74) is 1.37. The fourth-order valence-electron chi connectivity index (χ4n) is 10.3. The van der Waals surface area contributed by atoms with Gasteiger partial charge in [-0.25, -0.2) is 4.79 Å². The van der Waals surface area contributed by atoms with Crippen LogP contribution < -0.4 is 0 Å². The maximum atomic E-state index is 12.9. The van der Waals surface area contributed by atoms with Crippen molar-refractivity contribution in [2.75, 3.05) is 24.8 Å². The Bertz CT molecular complexity index is 1120. The molecule has 6 nitrogen and oxygen atoms in total. The van der Waals surface area contributed by atoms with E-state index in [0.717, 1.165) is 44.1 Å². The third-order valence-electron chi connectivity index (χ3n) is 12.7. The van der Waals surface area contributed by atoms with E-state index in [1.165, 1.54) is 19.3 Å². The number of benzene rings is 1. The fraction of sp³-hybridized carbons (Fsp3) is 0.778. The monoisotopic (exact) mass is 649 g/mol. The average molecular weight is 651 g/mol. The van der Waals surface area contributed by atoms with Gasteiger partial charge in [0.25, 0.3) is 0 Å². The smallest absolute Gasteiger partial charge is 0.410 e. The number of carbonyl (C=O) groups excluding carboxylic acids is 2. The summed E-state index contributed by atoms with van der Waals surface area (Å²) in [7, 11) is 0. The van der Waals surface area contributed by atoms with Gasteiger partial charge in [0.15, 0.2) is 0 Å². The molecule has 4 aliphatic carbocycles. The third kappa shape index (κ3) is 6.93. The molecule has 4 fully saturated rings. The molecule has 0 aliphatic heterocycles. The van der Waals surface area contributed by atoms with E-state index in [2.05, 4.69) is 20.8 Å². The first-order valence-corrected chi connectivity index (χ1v) is 18.1. The Kier molecular flexibility index (Phi) is 11.2. The highest BCUT2D eigenvalue weighted by Gasteiger charge is 2.63. The second kappa shape index (κ2) is 14.5. The number of rotatable bonds is 11. The van der Waals surface area contributed by atoms with Gasteiger partial charge in [0.1, 0.15) is 12.7 Å². The van der Waals surface area contributed by atoms with E-state index in [4.69, 9.17) is 32.7 Å². The van der Waals surface area contributed by atoms with Gasteiger partial charge in [-0.1, -0.05) is 51.1 Å². The van der Waals surface area contributed by atoms with Crippen molar-refractivity contribution in [2.45, 2.75) is 104 Å². The van der Waals surface area contributed by atoms with Gasteiger partial charge < -0.3 is 19.5 Å². The summed E-state index contributed by atoms with van der Waals surface area (Å²) in [4.78, 5) is 27.0. The number of alkyl halides is 2. The van der Waals surface area contributed by atoms with Crippen molar-refractivity contribution in [2.24, 2.45) is 46.3 Å². The number of amides is 1. The van der Waals surface area contributed by atoms with E-state index in [1.54, 1.807) is 4.90 Å². The summed E-state index contributed by atoms with van der Waals surface area (Å²) in [5, 5.41) is 11.8. The summed E-state index contributed by atoms with van der Waals surface area (Å²) in [6, 6.07) is 9.86. The van der Waals surface area contributed by atoms with Crippen LogP contribution in [0.1, 0.15) is 90.5 Å². The van der Waals surface area contributed by atoms with Gasteiger partial charge in [0, 0.05) is 31.3 Å². The van der Waals surface area contributed by atoms with Crippen LogP contribution in [0.2, 0.25) is 0 Å². The van der Waals surface area contributed by atoms with Gasteiger partial charge in [-0.2, -0.15) is 0 Å². The largest absolute Gasteiger partial charge is 0.461 e. The molecule has 1 N–H and O–H groups in total. The first kappa shape index (κ1) is 33.9. The standard InChI is InChI=1S/C36H53Cl2NO5/c1-24(9-12-32(41)43-23-25-7-5-4-6-8-25)28-10-11-29-33-30(14-16-36(28,29)3)35(2)15-13-27(21-26(35)22-31(33)40)44-34(42)39(19-17-37)20-18-38/h4-8,24,26-31,33,40H,9-23H2,1-3H3/t24-,26?,27-,28-,29+,30+,31-,33+,35+,36-/m1/s1. The zero-order chi connectivity index (χ0) is 31.5. The van der Waals surface area contributed by atoms with Crippen molar-refractivity contribution >= 4 is 35.3 Å². The van der Waals surface area contributed by atoms with Crippen LogP contribution in [0.5, 0.6) is 0 Å². The lowest BCUT2D eigenvalue weighted by Crippen LogP contribution is -2.59. The Labute approximate surface area is 274 Å². The molecule has 1 aromatic carbocycles.